The van der Waals surface area contributed by atoms with Crippen LogP contribution in [0, 0.1) is 23.2 Å². The number of thiazole rings is 1. The Morgan fingerprint density at radius 2 is 1.84 bits per heavy atom. The number of methoxy groups -OCH3 is 1. The molecule has 4 aliphatic rings. The molecule has 7 heterocycles. The molecule has 0 unspecified atom stereocenters. The summed E-state index contributed by atoms with van der Waals surface area (Å²) in [4.78, 5) is 83.9. The largest absolute Gasteiger partial charge is 0.378 e. The average Bonchev–Trinajstić information content (AvgIpc) is 4.12. The molecule has 3 fully saturated rings. The fourth-order valence-corrected chi connectivity index (χ4v) is 11.7. The van der Waals surface area contributed by atoms with Crippen LogP contribution in [-0.4, -0.2) is 142 Å². The minimum Gasteiger partial charge on any atom is -0.378 e. The number of hydrogen-bond acceptors (Lipinski definition) is 11. The first kappa shape index (κ1) is 48.9. The van der Waals surface area contributed by atoms with E-state index in [1.807, 2.05) is 32.2 Å². The fraction of sp³-hybridized carbons (Fsp3) is 0.549. The normalized spacial score (nSPS) is 23.8. The van der Waals surface area contributed by atoms with Crippen LogP contribution in [0.1, 0.15) is 76.8 Å². The van der Waals surface area contributed by atoms with Crippen LogP contribution in [-0.2, 0) is 48.0 Å². The molecule has 0 radical (unpaired) electrons. The standard InChI is InChI=1S/C51H67N9O7S/c1-10-43(62)57-23-34-25-58(26-35(34)24-57)49(65)56(8)45(31(3)4)47(63)54-39-21-42-53-40(27-68-42)33-15-16-41-37(20-33)38(46(59(41)11-2)36-14-12-18-52-44(36)32(5)66-9)22-50(6,7)29-67-30-51(28-61)17-13-19-60(55-51)48(39)64/h10,12,14-16,18,20,27-28,31-32,34-35,39,45,55H,1,11,13,17,19,21-26,29-30H2,2-9H3,(H,54,63)/t32-,34-,35+,39-,45-,51-/m0/s1. The number of hydrogen-bond donors (Lipinski definition) is 2. The number of aldehydes is 1. The van der Waals surface area contributed by atoms with Crippen molar-refractivity contribution in [3.8, 4) is 22.5 Å². The Hall–Kier alpha value is -5.49. The van der Waals surface area contributed by atoms with Crippen molar-refractivity contribution in [1.29, 1.82) is 0 Å². The summed E-state index contributed by atoms with van der Waals surface area (Å²) in [6.45, 7) is 19.3. The Morgan fingerprint density at radius 3 is 2.51 bits per heavy atom. The molecule has 5 amide bonds. The Labute approximate surface area is 403 Å². The number of nitrogens with one attached hydrogen (secondary N) is 2. The monoisotopic (exact) mass is 949 g/mol. The topological polar surface area (TPSA) is 172 Å². The van der Waals surface area contributed by atoms with Crippen LogP contribution in [0.25, 0.3) is 33.4 Å². The number of aryl methyl sites for hydroxylation is 1. The van der Waals surface area contributed by atoms with Crippen molar-refractivity contribution in [3.63, 3.8) is 0 Å². The number of amides is 5. The Balaban J connectivity index is 1.14. The molecule has 0 aliphatic carbocycles. The predicted octanol–water partition coefficient (Wildman–Crippen LogP) is 5.90. The fourth-order valence-electron chi connectivity index (χ4n) is 10.9. The van der Waals surface area contributed by atoms with Gasteiger partial charge in [-0.3, -0.25) is 24.4 Å². The molecule has 364 valence electrons. The number of likely N-dealkylation sites (N-methyl/N-ethyl adjacent to an activating group) is 1. The van der Waals surface area contributed by atoms with Gasteiger partial charge in [-0.15, -0.1) is 11.3 Å². The molecule has 16 nitrogen and oxygen atoms in total. The van der Waals surface area contributed by atoms with Crippen molar-refractivity contribution in [2.45, 2.75) is 97.5 Å². The number of carbonyl (C=O) groups excluding carboxylic acids is 5. The Bertz CT molecular complexity index is 2560. The lowest BCUT2D eigenvalue weighted by atomic mass is 9.84. The molecule has 68 heavy (non-hydrogen) atoms. The molecule has 1 aromatic carbocycles. The maximum Gasteiger partial charge on any atom is 0.320 e. The summed E-state index contributed by atoms with van der Waals surface area (Å²) in [5.74, 6) is -1.00. The van der Waals surface area contributed by atoms with Gasteiger partial charge in [-0.1, -0.05) is 40.3 Å². The van der Waals surface area contributed by atoms with Crippen molar-refractivity contribution in [2.75, 3.05) is 60.1 Å². The third kappa shape index (κ3) is 9.59. The van der Waals surface area contributed by atoms with Crippen LogP contribution in [0.5, 0.6) is 0 Å². The highest BCUT2D eigenvalue weighted by Gasteiger charge is 2.46. The molecule has 4 aromatic rings. The maximum absolute atomic E-state index is 14.8. The van der Waals surface area contributed by atoms with Gasteiger partial charge in [0.05, 0.1) is 41.4 Å². The quantitative estimate of drug-likeness (QED) is 0.144. The van der Waals surface area contributed by atoms with E-state index in [0.717, 1.165) is 51.0 Å². The first-order chi connectivity index (χ1) is 32.5. The summed E-state index contributed by atoms with van der Waals surface area (Å²) < 4.78 is 14.7. The van der Waals surface area contributed by atoms with E-state index in [1.54, 1.807) is 30.2 Å². The number of ether oxygens (including phenoxy) is 2. The molecule has 3 saturated heterocycles. The number of carbonyl (C=O) groups is 5. The molecule has 0 saturated carbocycles. The minimum atomic E-state index is -1.19. The summed E-state index contributed by atoms with van der Waals surface area (Å²) in [7, 11) is 3.33. The highest BCUT2D eigenvalue weighted by Crippen LogP contribution is 2.42. The average molecular weight is 950 g/mol. The molecule has 2 N–H and O–H groups in total. The van der Waals surface area contributed by atoms with Crippen LogP contribution in [0.2, 0.25) is 0 Å². The number of urea groups is 1. The van der Waals surface area contributed by atoms with Crippen molar-refractivity contribution < 1.29 is 33.4 Å². The van der Waals surface area contributed by atoms with Gasteiger partial charge in [0, 0.05) is 105 Å². The number of aromatic nitrogens is 3. The van der Waals surface area contributed by atoms with E-state index < -0.39 is 34.9 Å². The predicted molar refractivity (Wildman–Crippen MR) is 261 cm³/mol. The number of likely N-dealkylation sites (tertiary alicyclic amines) is 2. The second-order valence-electron chi connectivity index (χ2n) is 20.3. The van der Waals surface area contributed by atoms with Gasteiger partial charge in [0.2, 0.25) is 11.8 Å². The van der Waals surface area contributed by atoms with Crippen molar-refractivity contribution in [3.05, 3.63) is 70.8 Å². The molecule has 6 bridgehead atoms. The number of hydrazine groups is 1. The number of fused-ring (bicyclic) bond motifs is 7. The summed E-state index contributed by atoms with van der Waals surface area (Å²) in [5.41, 5.74) is 8.46. The Kier molecular flexibility index (Phi) is 14.3. The summed E-state index contributed by atoms with van der Waals surface area (Å²) in [6, 6.07) is 8.24. The van der Waals surface area contributed by atoms with Crippen LogP contribution < -0.4 is 10.7 Å². The van der Waals surface area contributed by atoms with Gasteiger partial charge < -0.3 is 38.9 Å². The summed E-state index contributed by atoms with van der Waals surface area (Å²) in [6.07, 6.45) is 5.43. The van der Waals surface area contributed by atoms with Crippen LogP contribution in [0.4, 0.5) is 4.79 Å². The zero-order valence-electron chi connectivity index (χ0n) is 40.7. The molecular weight excluding hydrogens is 883 g/mol. The molecule has 3 aromatic heterocycles. The second kappa shape index (κ2) is 19.9. The van der Waals surface area contributed by atoms with E-state index in [2.05, 4.69) is 66.9 Å². The molecule has 4 aliphatic heterocycles. The van der Waals surface area contributed by atoms with Gasteiger partial charge in [-0.25, -0.2) is 15.2 Å². The molecule has 17 heteroatoms. The minimum absolute atomic E-state index is 0.0333. The van der Waals surface area contributed by atoms with Gasteiger partial charge in [0.15, 0.2) is 0 Å². The number of pyridine rings is 1. The summed E-state index contributed by atoms with van der Waals surface area (Å²) in [5, 5.41) is 8.22. The molecule has 0 spiro atoms. The first-order valence-electron chi connectivity index (χ1n) is 24.0. The van der Waals surface area contributed by atoms with Crippen molar-refractivity contribution in [2.24, 2.45) is 23.2 Å². The lowest BCUT2D eigenvalue weighted by Crippen LogP contribution is -2.66. The van der Waals surface area contributed by atoms with E-state index in [4.69, 9.17) is 19.4 Å². The lowest BCUT2D eigenvalue weighted by Gasteiger charge is -2.42. The molecule has 6 atom stereocenters. The van der Waals surface area contributed by atoms with Crippen LogP contribution in [0.15, 0.2) is 54.6 Å². The SMILES string of the molecule is C=CC(=O)N1C[C@@H]2CN(C(=O)N(C)[C@H](C(=O)N[C@H]3Cc4nc(cs4)-c4ccc5c(c4)c(c(-c4cccnc4[C@H](C)OC)n5CC)CC(C)(C)COC[C@@]4(C=O)CCCN(N4)C3=O)C(C)C)C[C@@H]2C1. The highest BCUT2D eigenvalue weighted by molar-refractivity contribution is 7.10. The molecular formula is C51H67N9O7S. The van der Waals surface area contributed by atoms with Crippen molar-refractivity contribution in [1.82, 2.24) is 45.0 Å². The van der Waals surface area contributed by atoms with E-state index in [1.165, 1.54) is 27.3 Å². The van der Waals surface area contributed by atoms with Gasteiger partial charge in [0.1, 0.15) is 23.9 Å². The summed E-state index contributed by atoms with van der Waals surface area (Å²) >= 11 is 1.42. The van der Waals surface area contributed by atoms with Crippen LogP contribution >= 0.6 is 11.3 Å². The van der Waals surface area contributed by atoms with E-state index in [-0.39, 0.29) is 48.8 Å². The maximum atomic E-state index is 14.8. The first-order valence-corrected chi connectivity index (χ1v) is 24.8. The third-order valence-corrected chi connectivity index (χ3v) is 15.3. The number of nitrogens with zero attached hydrogens (tertiary/aromatic N) is 7. The zero-order chi connectivity index (χ0) is 48.7. The van der Waals surface area contributed by atoms with E-state index >= 15 is 0 Å². The number of rotatable bonds is 10. The van der Waals surface area contributed by atoms with E-state index in [9.17, 15) is 24.0 Å². The lowest BCUT2D eigenvalue weighted by molar-refractivity contribution is -0.147. The highest BCUT2D eigenvalue weighted by atomic mass is 32.1. The zero-order valence-corrected chi connectivity index (χ0v) is 41.6. The smallest absolute Gasteiger partial charge is 0.320 e. The second-order valence-corrected chi connectivity index (χ2v) is 21.2. The van der Waals surface area contributed by atoms with Gasteiger partial charge in [-0.05, 0) is 80.3 Å². The number of benzene rings is 1. The van der Waals surface area contributed by atoms with E-state index in [0.29, 0.717) is 70.1 Å². The third-order valence-electron chi connectivity index (χ3n) is 14.4. The van der Waals surface area contributed by atoms with Crippen molar-refractivity contribution >= 4 is 52.3 Å². The van der Waals surface area contributed by atoms with Gasteiger partial charge >= 0.3 is 6.03 Å². The van der Waals surface area contributed by atoms with Crippen LogP contribution in [0.3, 0.4) is 0 Å². The van der Waals surface area contributed by atoms with Gasteiger partial charge in [0.25, 0.3) is 5.91 Å². The molecule has 8 rings (SSSR count). The van der Waals surface area contributed by atoms with Gasteiger partial charge in [-0.2, -0.15) is 0 Å². The Morgan fingerprint density at radius 1 is 1.10 bits per heavy atom.